The number of hydrogen-bond acceptors (Lipinski definition) is 4. The number of rotatable bonds is 8. The van der Waals surface area contributed by atoms with Gasteiger partial charge in [0, 0.05) is 0 Å². The Morgan fingerprint density at radius 3 is 2.68 bits per heavy atom. The third-order valence-corrected chi connectivity index (χ3v) is 3.49. The van der Waals surface area contributed by atoms with Crippen LogP contribution in [0.4, 0.5) is 0 Å². The molecule has 0 saturated carbocycles. The van der Waals surface area contributed by atoms with E-state index in [0.717, 1.165) is 19.3 Å². The fourth-order valence-electron chi connectivity index (χ4n) is 2.08. The number of methoxy groups -OCH3 is 1. The lowest BCUT2D eigenvalue weighted by Gasteiger charge is -2.12. The molecule has 4 nitrogen and oxygen atoms in total. The molecule has 0 amide bonds. The second-order valence-electron chi connectivity index (χ2n) is 5.75. The van der Waals surface area contributed by atoms with Crippen molar-refractivity contribution in [2.45, 2.75) is 40.0 Å². The molecule has 0 aliphatic rings. The van der Waals surface area contributed by atoms with Gasteiger partial charge in [-0.3, -0.25) is 0 Å². The molecule has 1 rings (SSSR count). The van der Waals surface area contributed by atoms with Crippen molar-refractivity contribution in [2.24, 2.45) is 5.92 Å². The maximum absolute atomic E-state index is 12.0. The number of ether oxygens (including phenoxy) is 2. The number of allylic oxidation sites excluding steroid dienone is 2. The van der Waals surface area contributed by atoms with E-state index in [2.05, 4.69) is 26.8 Å². The molecule has 4 heteroatoms. The van der Waals surface area contributed by atoms with Crippen molar-refractivity contribution < 1.29 is 19.4 Å². The molecule has 0 bridgehead atoms. The molecule has 0 radical (unpaired) electrons. The van der Waals surface area contributed by atoms with Gasteiger partial charge in [-0.2, -0.15) is 0 Å². The van der Waals surface area contributed by atoms with E-state index in [0.29, 0.717) is 12.5 Å². The molecular weight excluding hydrogens is 280 g/mol. The van der Waals surface area contributed by atoms with E-state index < -0.39 is 5.97 Å². The van der Waals surface area contributed by atoms with Gasteiger partial charge in [0.05, 0.1) is 13.7 Å². The van der Waals surface area contributed by atoms with Crippen molar-refractivity contribution in [1.29, 1.82) is 0 Å². The smallest absolute Gasteiger partial charge is 0.342 e. The van der Waals surface area contributed by atoms with Crippen molar-refractivity contribution >= 4 is 5.97 Å². The Morgan fingerprint density at radius 2 is 2.05 bits per heavy atom. The number of benzene rings is 1. The quantitative estimate of drug-likeness (QED) is 0.573. The molecule has 0 saturated heterocycles. The Hall–Kier alpha value is -1.97. The van der Waals surface area contributed by atoms with Crippen LogP contribution in [0.1, 0.15) is 50.4 Å². The summed E-state index contributed by atoms with van der Waals surface area (Å²) in [4.78, 5) is 12.0. The van der Waals surface area contributed by atoms with Gasteiger partial charge < -0.3 is 14.6 Å². The number of carbonyl (C=O) groups is 1. The highest BCUT2D eigenvalue weighted by atomic mass is 16.5. The van der Waals surface area contributed by atoms with Crippen molar-refractivity contribution in [3.8, 4) is 11.5 Å². The Labute approximate surface area is 132 Å². The normalized spacial score (nSPS) is 11.6. The number of carbonyl (C=O) groups excluding carboxylic acids is 1. The molecule has 0 aromatic heterocycles. The van der Waals surface area contributed by atoms with Crippen LogP contribution >= 0.6 is 0 Å². The molecule has 0 heterocycles. The summed E-state index contributed by atoms with van der Waals surface area (Å²) >= 11 is 0. The van der Waals surface area contributed by atoms with Crippen LogP contribution in [0.15, 0.2) is 29.8 Å². The lowest BCUT2D eigenvalue weighted by atomic mass is 10.0. The molecule has 0 aliphatic heterocycles. The summed E-state index contributed by atoms with van der Waals surface area (Å²) in [6.45, 7) is 6.68. The molecule has 1 N–H and O–H groups in total. The molecule has 22 heavy (non-hydrogen) atoms. The van der Waals surface area contributed by atoms with Gasteiger partial charge in [-0.1, -0.05) is 24.6 Å². The molecule has 1 aromatic rings. The van der Waals surface area contributed by atoms with Crippen LogP contribution < -0.4 is 4.74 Å². The molecule has 0 aliphatic carbocycles. The third-order valence-electron chi connectivity index (χ3n) is 3.49. The lowest BCUT2D eigenvalue weighted by molar-refractivity contribution is 0.0480. The van der Waals surface area contributed by atoms with Crippen LogP contribution in [-0.2, 0) is 4.74 Å². The van der Waals surface area contributed by atoms with Crippen LogP contribution in [-0.4, -0.2) is 24.8 Å². The number of phenolic OH excluding ortho intramolecular Hbond substituents is 1. The zero-order chi connectivity index (χ0) is 16.5. The number of esters is 1. The second kappa shape index (κ2) is 9.13. The van der Waals surface area contributed by atoms with E-state index in [9.17, 15) is 9.90 Å². The zero-order valence-corrected chi connectivity index (χ0v) is 13.9. The van der Waals surface area contributed by atoms with E-state index in [-0.39, 0.29) is 17.1 Å². The van der Waals surface area contributed by atoms with Crippen LogP contribution in [0.3, 0.4) is 0 Å². The molecule has 1 unspecified atom stereocenters. The number of para-hydroxylation sites is 1. The van der Waals surface area contributed by atoms with Crippen LogP contribution in [0.2, 0.25) is 0 Å². The summed E-state index contributed by atoms with van der Waals surface area (Å²) in [6.07, 6.45) is 5.16. The summed E-state index contributed by atoms with van der Waals surface area (Å²) in [6, 6.07) is 4.77. The average Bonchev–Trinajstić information content (AvgIpc) is 2.47. The first-order chi connectivity index (χ1) is 10.5. The summed E-state index contributed by atoms with van der Waals surface area (Å²) in [5.41, 5.74) is 1.46. The Balaban J connectivity index is 2.42. The summed E-state index contributed by atoms with van der Waals surface area (Å²) < 4.78 is 10.2. The van der Waals surface area contributed by atoms with Gasteiger partial charge in [0.1, 0.15) is 5.56 Å². The van der Waals surface area contributed by atoms with Gasteiger partial charge in [-0.15, -0.1) is 0 Å². The van der Waals surface area contributed by atoms with Crippen molar-refractivity contribution in [3.63, 3.8) is 0 Å². The highest BCUT2D eigenvalue weighted by molar-refractivity contribution is 5.93. The fourth-order valence-corrected chi connectivity index (χ4v) is 2.08. The van der Waals surface area contributed by atoms with Gasteiger partial charge in [0.15, 0.2) is 11.5 Å². The number of phenols is 1. The predicted molar refractivity (Wildman–Crippen MR) is 87.4 cm³/mol. The van der Waals surface area contributed by atoms with Gasteiger partial charge in [-0.05, 0) is 51.2 Å². The first-order valence-electron chi connectivity index (χ1n) is 7.62. The molecule has 122 valence electrons. The topological polar surface area (TPSA) is 55.8 Å². The van der Waals surface area contributed by atoms with E-state index >= 15 is 0 Å². The summed E-state index contributed by atoms with van der Waals surface area (Å²) in [5, 5.41) is 9.90. The van der Waals surface area contributed by atoms with E-state index in [1.807, 2.05) is 0 Å². The van der Waals surface area contributed by atoms with Crippen molar-refractivity contribution in [2.75, 3.05) is 13.7 Å². The van der Waals surface area contributed by atoms with E-state index in [1.54, 1.807) is 12.1 Å². The second-order valence-corrected chi connectivity index (χ2v) is 5.75. The monoisotopic (exact) mass is 306 g/mol. The Kier molecular flexibility index (Phi) is 7.50. The maximum Gasteiger partial charge on any atom is 0.342 e. The van der Waals surface area contributed by atoms with Gasteiger partial charge in [-0.25, -0.2) is 4.79 Å². The van der Waals surface area contributed by atoms with Crippen LogP contribution in [0, 0.1) is 5.92 Å². The molecule has 1 aromatic carbocycles. The fraction of sp³-hybridized carbons (Fsp3) is 0.500. The SMILES string of the molecule is COc1cccc(C(=O)OCCC(C)CCC=C(C)C)c1O. The zero-order valence-electron chi connectivity index (χ0n) is 13.9. The molecular formula is C18H26O4. The van der Waals surface area contributed by atoms with E-state index in [1.165, 1.54) is 18.7 Å². The summed E-state index contributed by atoms with van der Waals surface area (Å²) in [7, 11) is 1.44. The highest BCUT2D eigenvalue weighted by Gasteiger charge is 2.16. The lowest BCUT2D eigenvalue weighted by Crippen LogP contribution is -2.09. The van der Waals surface area contributed by atoms with Gasteiger partial charge in [0.2, 0.25) is 0 Å². The number of hydrogen-bond donors (Lipinski definition) is 1. The third kappa shape index (κ3) is 5.80. The molecule has 0 spiro atoms. The van der Waals surface area contributed by atoms with Crippen LogP contribution in [0.5, 0.6) is 11.5 Å². The maximum atomic E-state index is 12.0. The predicted octanol–water partition coefficient (Wildman–Crippen LogP) is 4.33. The minimum atomic E-state index is -0.520. The minimum absolute atomic E-state index is 0.136. The Bertz CT molecular complexity index is 516. The molecule has 1 atom stereocenters. The largest absolute Gasteiger partial charge is 0.504 e. The summed E-state index contributed by atoms with van der Waals surface area (Å²) in [5.74, 6) is 0.0614. The van der Waals surface area contributed by atoms with Crippen molar-refractivity contribution in [1.82, 2.24) is 0 Å². The van der Waals surface area contributed by atoms with Gasteiger partial charge in [0.25, 0.3) is 0 Å². The van der Waals surface area contributed by atoms with Crippen molar-refractivity contribution in [3.05, 3.63) is 35.4 Å². The minimum Gasteiger partial charge on any atom is -0.504 e. The first kappa shape index (κ1) is 18.1. The van der Waals surface area contributed by atoms with Crippen LogP contribution in [0.25, 0.3) is 0 Å². The highest BCUT2D eigenvalue weighted by Crippen LogP contribution is 2.29. The number of aromatic hydroxyl groups is 1. The van der Waals surface area contributed by atoms with E-state index in [4.69, 9.17) is 9.47 Å². The Morgan fingerprint density at radius 1 is 1.32 bits per heavy atom. The standard InChI is InChI=1S/C18H26O4/c1-13(2)7-5-8-14(3)11-12-22-18(20)15-9-6-10-16(21-4)17(15)19/h6-7,9-10,14,19H,5,8,11-12H2,1-4H3. The average molecular weight is 306 g/mol. The molecule has 0 fully saturated rings. The first-order valence-corrected chi connectivity index (χ1v) is 7.62. The van der Waals surface area contributed by atoms with Gasteiger partial charge >= 0.3 is 5.97 Å².